The third kappa shape index (κ3) is 5.93. The lowest BCUT2D eigenvalue weighted by Crippen LogP contribution is -2.23. The van der Waals surface area contributed by atoms with Crippen molar-refractivity contribution in [2.24, 2.45) is 0 Å². The SMILES string of the molecule is O=c1ccc(-c2cnc(OCC(F)(F)F)nc2)nn1Cc1ccc(OC(F)F)nc1. The molecule has 0 spiro atoms. The first kappa shape index (κ1) is 21.1. The molecule has 8 nitrogen and oxygen atoms in total. The van der Waals surface area contributed by atoms with Crippen LogP contribution in [-0.2, 0) is 6.54 Å². The van der Waals surface area contributed by atoms with E-state index in [1.807, 2.05) is 0 Å². The topological polar surface area (TPSA) is 92.0 Å². The van der Waals surface area contributed by atoms with E-state index in [9.17, 15) is 26.7 Å². The molecular weight excluding hydrogens is 417 g/mol. The Hall–Kier alpha value is -3.64. The molecule has 0 aliphatic carbocycles. The molecule has 158 valence electrons. The highest BCUT2D eigenvalue weighted by Gasteiger charge is 2.28. The molecule has 0 atom stereocenters. The van der Waals surface area contributed by atoms with Crippen molar-refractivity contribution < 1.29 is 31.4 Å². The second-order valence-electron chi connectivity index (χ2n) is 5.76. The van der Waals surface area contributed by atoms with E-state index < -0.39 is 31.0 Å². The van der Waals surface area contributed by atoms with E-state index in [1.54, 1.807) is 0 Å². The first-order valence-corrected chi connectivity index (χ1v) is 8.19. The first-order chi connectivity index (χ1) is 14.2. The van der Waals surface area contributed by atoms with Crippen LogP contribution in [0.3, 0.4) is 0 Å². The minimum absolute atomic E-state index is 0.0116. The Morgan fingerprint density at radius 2 is 1.73 bits per heavy atom. The summed E-state index contributed by atoms with van der Waals surface area (Å²) in [5, 5.41) is 4.15. The number of pyridine rings is 1. The standard InChI is InChI=1S/C17H12F5N5O3/c18-15(19)30-13-3-1-10(5-23-13)8-27-14(28)4-2-12(26-27)11-6-24-16(25-7-11)29-9-17(20,21)22/h1-7,15H,8-9H2. The summed E-state index contributed by atoms with van der Waals surface area (Å²) in [6, 6.07) is 4.84. The predicted octanol–water partition coefficient (Wildman–Crippen LogP) is 2.69. The van der Waals surface area contributed by atoms with Gasteiger partial charge in [0.25, 0.3) is 5.56 Å². The van der Waals surface area contributed by atoms with E-state index in [1.165, 1.54) is 42.9 Å². The molecule has 0 N–H and O–H groups in total. The second kappa shape index (κ2) is 8.80. The number of hydrogen-bond acceptors (Lipinski definition) is 7. The maximum absolute atomic E-state index is 12.2. The summed E-state index contributed by atoms with van der Waals surface area (Å²) in [5.74, 6) is -0.271. The minimum Gasteiger partial charge on any atom is -0.454 e. The van der Waals surface area contributed by atoms with Gasteiger partial charge in [0.2, 0.25) is 5.88 Å². The quantitative estimate of drug-likeness (QED) is 0.534. The van der Waals surface area contributed by atoms with Gasteiger partial charge < -0.3 is 9.47 Å². The fourth-order valence-corrected chi connectivity index (χ4v) is 2.22. The highest BCUT2D eigenvalue weighted by molar-refractivity contribution is 5.55. The number of alkyl halides is 5. The zero-order chi connectivity index (χ0) is 21.7. The van der Waals surface area contributed by atoms with Crippen LogP contribution in [0.15, 0.2) is 47.7 Å². The molecule has 0 aliphatic heterocycles. The van der Waals surface area contributed by atoms with Gasteiger partial charge in [-0.05, 0) is 11.6 Å². The summed E-state index contributed by atoms with van der Waals surface area (Å²) in [6.45, 7) is -4.54. The smallest absolute Gasteiger partial charge is 0.422 e. The van der Waals surface area contributed by atoms with Crippen LogP contribution in [0, 0.1) is 0 Å². The van der Waals surface area contributed by atoms with Crippen LogP contribution < -0.4 is 15.0 Å². The van der Waals surface area contributed by atoms with E-state index in [-0.39, 0.29) is 18.1 Å². The van der Waals surface area contributed by atoms with E-state index in [4.69, 9.17) is 0 Å². The van der Waals surface area contributed by atoms with E-state index in [0.717, 1.165) is 4.68 Å². The van der Waals surface area contributed by atoms with Crippen LogP contribution in [0.1, 0.15) is 5.56 Å². The van der Waals surface area contributed by atoms with Crippen molar-refractivity contribution in [3.05, 3.63) is 58.8 Å². The van der Waals surface area contributed by atoms with Crippen LogP contribution in [0.4, 0.5) is 22.0 Å². The molecule has 0 saturated heterocycles. The number of hydrogen-bond donors (Lipinski definition) is 0. The fourth-order valence-electron chi connectivity index (χ4n) is 2.22. The average Bonchev–Trinajstić information content (AvgIpc) is 2.69. The van der Waals surface area contributed by atoms with Crippen LogP contribution in [0.25, 0.3) is 11.3 Å². The van der Waals surface area contributed by atoms with Crippen LogP contribution in [0.2, 0.25) is 0 Å². The molecule has 13 heteroatoms. The van der Waals surface area contributed by atoms with Crippen molar-refractivity contribution in [1.29, 1.82) is 0 Å². The molecule has 3 aromatic rings. The van der Waals surface area contributed by atoms with Crippen molar-refractivity contribution >= 4 is 0 Å². The Kier molecular flexibility index (Phi) is 6.18. The lowest BCUT2D eigenvalue weighted by Gasteiger charge is -2.09. The summed E-state index contributed by atoms with van der Waals surface area (Å²) < 4.78 is 70.5. The van der Waals surface area contributed by atoms with Crippen molar-refractivity contribution in [3.63, 3.8) is 0 Å². The maximum atomic E-state index is 12.2. The van der Waals surface area contributed by atoms with Gasteiger partial charge in [0.15, 0.2) is 6.61 Å². The molecule has 3 heterocycles. The number of halogens is 5. The van der Waals surface area contributed by atoms with Crippen LogP contribution in [0.5, 0.6) is 11.9 Å². The largest absolute Gasteiger partial charge is 0.454 e. The molecule has 0 fully saturated rings. The lowest BCUT2D eigenvalue weighted by atomic mass is 10.2. The summed E-state index contributed by atoms with van der Waals surface area (Å²) in [7, 11) is 0. The molecule has 30 heavy (non-hydrogen) atoms. The molecular formula is C17H12F5N5O3. The van der Waals surface area contributed by atoms with Gasteiger partial charge in [0, 0.05) is 36.3 Å². The Balaban J connectivity index is 1.74. The van der Waals surface area contributed by atoms with Gasteiger partial charge in [-0.3, -0.25) is 4.79 Å². The van der Waals surface area contributed by atoms with E-state index >= 15 is 0 Å². The number of ether oxygens (including phenoxy) is 2. The summed E-state index contributed by atoms with van der Waals surface area (Å²) in [5.41, 5.74) is 0.665. The summed E-state index contributed by atoms with van der Waals surface area (Å²) in [4.78, 5) is 23.1. The maximum Gasteiger partial charge on any atom is 0.422 e. The molecule has 0 aromatic carbocycles. The summed E-state index contributed by atoms with van der Waals surface area (Å²) in [6.07, 6.45) is -0.853. The van der Waals surface area contributed by atoms with Crippen LogP contribution in [-0.4, -0.2) is 44.1 Å². The normalized spacial score (nSPS) is 11.5. The highest BCUT2D eigenvalue weighted by Crippen LogP contribution is 2.18. The third-order valence-corrected chi connectivity index (χ3v) is 3.50. The second-order valence-corrected chi connectivity index (χ2v) is 5.76. The zero-order valence-corrected chi connectivity index (χ0v) is 14.9. The van der Waals surface area contributed by atoms with E-state index in [2.05, 4.69) is 29.5 Å². The molecule has 0 radical (unpaired) electrons. The first-order valence-electron chi connectivity index (χ1n) is 8.19. The van der Waals surface area contributed by atoms with Crippen molar-refractivity contribution in [2.45, 2.75) is 19.3 Å². The van der Waals surface area contributed by atoms with Gasteiger partial charge in [0.05, 0.1) is 12.2 Å². The Bertz CT molecular complexity index is 1040. The van der Waals surface area contributed by atoms with Gasteiger partial charge >= 0.3 is 18.8 Å². The monoisotopic (exact) mass is 429 g/mol. The Morgan fingerprint density at radius 3 is 2.33 bits per heavy atom. The van der Waals surface area contributed by atoms with Crippen molar-refractivity contribution in [2.75, 3.05) is 6.61 Å². The van der Waals surface area contributed by atoms with Gasteiger partial charge in [-0.15, -0.1) is 0 Å². The number of nitrogens with zero attached hydrogens (tertiary/aromatic N) is 5. The number of rotatable bonds is 7. The van der Waals surface area contributed by atoms with Gasteiger partial charge in [0.1, 0.15) is 0 Å². The van der Waals surface area contributed by atoms with Gasteiger partial charge in [-0.25, -0.2) is 19.6 Å². The third-order valence-electron chi connectivity index (χ3n) is 3.50. The van der Waals surface area contributed by atoms with Gasteiger partial charge in [-0.2, -0.15) is 27.1 Å². The van der Waals surface area contributed by atoms with Crippen molar-refractivity contribution in [3.8, 4) is 23.1 Å². The molecule has 0 aliphatic rings. The highest BCUT2D eigenvalue weighted by atomic mass is 19.4. The molecule has 0 saturated carbocycles. The summed E-state index contributed by atoms with van der Waals surface area (Å²) >= 11 is 0. The van der Waals surface area contributed by atoms with Crippen molar-refractivity contribution in [1.82, 2.24) is 24.7 Å². The Labute approximate surface area is 164 Å². The number of aromatic nitrogens is 5. The Morgan fingerprint density at radius 1 is 1.00 bits per heavy atom. The minimum atomic E-state index is -4.52. The van der Waals surface area contributed by atoms with Gasteiger partial charge in [-0.1, -0.05) is 6.07 Å². The molecule has 0 amide bonds. The fraction of sp³-hybridized carbons (Fsp3) is 0.235. The molecule has 3 aromatic heterocycles. The average molecular weight is 429 g/mol. The molecule has 3 rings (SSSR count). The zero-order valence-electron chi connectivity index (χ0n) is 14.9. The predicted molar refractivity (Wildman–Crippen MR) is 91.0 cm³/mol. The van der Waals surface area contributed by atoms with E-state index in [0.29, 0.717) is 11.1 Å². The van der Waals surface area contributed by atoms with Crippen LogP contribution >= 0.6 is 0 Å². The lowest BCUT2D eigenvalue weighted by molar-refractivity contribution is -0.154. The molecule has 0 bridgehead atoms. The molecule has 0 unspecified atom stereocenters.